The Morgan fingerprint density at radius 2 is 2.05 bits per heavy atom. The van der Waals surface area contributed by atoms with Crippen molar-refractivity contribution in [2.75, 3.05) is 6.54 Å². The standard InChI is InChI=1S/C16H24N2OS/c19-16(18-12-5-2-1-3-6-12)11-17-14-7-4-8-15-13(14)9-10-20-15/h9-10,12,14,17H,1-8,11H2,(H,18,19). The third kappa shape index (κ3) is 3.41. The van der Waals surface area contributed by atoms with E-state index in [1.165, 1.54) is 42.5 Å². The Labute approximate surface area is 125 Å². The van der Waals surface area contributed by atoms with Crippen molar-refractivity contribution in [2.24, 2.45) is 0 Å². The molecule has 4 heteroatoms. The first-order valence-corrected chi connectivity index (χ1v) is 8.80. The lowest BCUT2D eigenvalue weighted by atomic mass is 9.94. The van der Waals surface area contributed by atoms with Gasteiger partial charge in [0.2, 0.25) is 5.91 Å². The van der Waals surface area contributed by atoms with E-state index in [1.807, 2.05) is 11.3 Å². The van der Waals surface area contributed by atoms with Crippen LogP contribution < -0.4 is 10.6 Å². The van der Waals surface area contributed by atoms with Crippen LogP contribution in [0.15, 0.2) is 11.4 Å². The summed E-state index contributed by atoms with van der Waals surface area (Å²) in [6, 6.07) is 3.01. The van der Waals surface area contributed by atoms with Gasteiger partial charge in [-0.25, -0.2) is 0 Å². The Bertz CT molecular complexity index is 451. The first-order chi connectivity index (χ1) is 9.83. The summed E-state index contributed by atoms with van der Waals surface area (Å²) in [6.45, 7) is 0.455. The monoisotopic (exact) mass is 292 g/mol. The molecule has 1 heterocycles. The molecule has 0 radical (unpaired) electrons. The first-order valence-electron chi connectivity index (χ1n) is 7.92. The maximum absolute atomic E-state index is 12.0. The van der Waals surface area contributed by atoms with Crippen molar-refractivity contribution in [3.8, 4) is 0 Å². The number of rotatable bonds is 4. The molecule has 3 rings (SSSR count). The number of hydrogen-bond acceptors (Lipinski definition) is 3. The largest absolute Gasteiger partial charge is 0.352 e. The summed E-state index contributed by atoms with van der Waals surface area (Å²) in [4.78, 5) is 13.5. The fourth-order valence-electron chi connectivity index (χ4n) is 3.44. The highest BCUT2D eigenvalue weighted by atomic mass is 32.1. The van der Waals surface area contributed by atoms with Crippen LogP contribution in [0.5, 0.6) is 0 Å². The molecule has 20 heavy (non-hydrogen) atoms. The Balaban J connectivity index is 1.46. The lowest BCUT2D eigenvalue weighted by Crippen LogP contribution is -2.42. The van der Waals surface area contributed by atoms with E-state index in [9.17, 15) is 4.79 Å². The van der Waals surface area contributed by atoms with Crippen molar-refractivity contribution >= 4 is 17.2 Å². The predicted molar refractivity (Wildman–Crippen MR) is 83.0 cm³/mol. The third-order valence-electron chi connectivity index (χ3n) is 4.53. The summed E-state index contributed by atoms with van der Waals surface area (Å²) in [5.74, 6) is 0.166. The molecule has 1 unspecified atom stereocenters. The number of nitrogens with one attached hydrogen (secondary N) is 2. The van der Waals surface area contributed by atoms with Gasteiger partial charge in [-0.3, -0.25) is 4.79 Å². The van der Waals surface area contributed by atoms with Crippen LogP contribution in [-0.2, 0) is 11.2 Å². The Morgan fingerprint density at radius 3 is 2.90 bits per heavy atom. The van der Waals surface area contributed by atoms with Gasteiger partial charge in [-0.1, -0.05) is 19.3 Å². The zero-order valence-corrected chi connectivity index (χ0v) is 12.8. The van der Waals surface area contributed by atoms with Crippen LogP contribution in [-0.4, -0.2) is 18.5 Å². The van der Waals surface area contributed by atoms with Crippen LogP contribution in [0.1, 0.15) is 61.4 Å². The molecule has 0 bridgehead atoms. The van der Waals surface area contributed by atoms with Gasteiger partial charge in [-0.15, -0.1) is 11.3 Å². The normalized spacial score (nSPS) is 23.3. The van der Waals surface area contributed by atoms with E-state index in [0.717, 1.165) is 19.3 Å². The van der Waals surface area contributed by atoms with E-state index < -0.39 is 0 Å². The minimum Gasteiger partial charge on any atom is -0.352 e. The molecule has 0 aromatic carbocycles. The molecule has 1 aromatic heterocycles. The lowest BCUT2D eigenvalue weighted by molar-refractivity contribution is -0.121. The first kappa shape index (κ1) is 14.1. The smallest absolute Gasteiger partial charge is 0.234 e. The summed E-state index contributed by atoms with van der Waals surface area (Å²) in [6.07, 6.45) is 9.76. The number of amides is 1. The van der Waals surface area contributed by atoms with Crippen LogP contribution in [0.2, 0.25) is 0 Å². The van der Waals surface area contributed by atoms with E-state index >= 15 is 0 Å². The van der Waals surface area contributed by atoms with Gasteiger partial charge in [0.05, 0.1) is 6.54 Å². The molecule has 3 nitrogen and oxygen atoms in total. The molecular weight excluding hydrogens is 268 g/mol. The van der Waals surface area contributed by atoms with E-state index in [1.54, 1.807) is 0 Å². The summed E-state index contributed by atoms with van der Waals surface area (Å²) >= 11 is 1.85. The molecular formula is C16H24N2OS. The number of carbonyl (C=O) groups is 1. The van der Waals surface area contributed by atoms with Gasteiger partial charge in [0.15, 0.2) is 0 Å². The average Bonchev–Trinajstić information content (AvgIpc) is 2.95. The quantitative estimate of drug-likeness (QED) is 0.895. The molecule has 1 amide bonds. The molecule has 1 aromatic rings. The molecule has 1 fully saturated rings. The number of hydrogen-bond donors (Lipinski definition) is 2. The molecule has 0 saturated heterocycles. The van der Waals surface area contributed by atoms with E-state index in [4.69, 9.17) is 0 Å². The Hall–Kier alpha value is -0.870. The molecule has 0 aliphatic heterocycles. The molecule has 2 aliphatic carbocycles. The van der Waals surface area contributed by atoms with Gasteiger partial charge in [0.1, 0.15) is 0 Å². The van der Waals surface area contributed by atoms with Crippen LogP contribution in [0.3, 0.4) is 0 Å². The maximum atomic E-state index is 12.0. The minimum absolute atomic E-state index is 0.166. The van der Waals surface area contributed by atoms with E-state index in [0.29, 0.717) is 18.6 Å². The fourth-order valence-corrected chi connectivity index (χ4v) is 4.43. The Kier molecular flexibility index (Phi) is 4.73. The third-order valence-corrected chi connectivity index (χ3v) is 5.53. The lowest BCUT2D eigenvalue weighted by Gasteiger charge is -2.25. The van der Waals surface area contributed by atoms with Gasteiger partial charge < -0.3 is 10.6 Å². The topological polar surface area (TPSA) is 41.1 Å². The van der Waals surface area contributed by atoms with Gasteiger partial charge >= 0.3 is 0 Å². The summed E-state index contributed by atoms with van der Waals surface area (Å²) in [5, 5.41) is 8.80. The second-order valence-electron chi connectivity index (χ2n) is 6.03. The van der Waals surface area contributed by atoms with Crippen LogP contribution in [0.25, 0.3) is 0 Å². The van der Waals surface area contributed by atoms with Crippen LogP contribution in [0, 0.1) is 0 Å². The molecule has 0 spiro atoms. The van der Waals surface area contributed by atoms with Crippen molar-refractivity contribution in [3.05, 3.63) is 21.9 Å². The number of thiophene rings is 1. The maximum Gasteiger partial charge on any atom is 0.234 e. The van der Waals surface area contributed by atoms with Gasteiger partial charge in [0, 0.05) is 17.0 Å². The van der Waals surface area contributed by atoms with Gasteiger partial charge in [-0.2, -0.15) is 0 Å². The molecule has 2 aliphatic rings. The SMILES string of the molecule is O=C(CNC1CCCc2sccc21)NC1CCCCC1. The van der Waals surface area contributed by atoms with Crippen molar-refractivity contribution in [2.45, 2.75) is 63.5 Å². The predicted octanol–water partition coefficient (Wildman–Crippen LogP) is 3.16. The minimum atomic E-state index is 0.166. The summed E-state index contributed by atoms with van der Waals surface area (Å²) in [5.41, 5.74) is 1.42. The fraction of sp³-hybridized carbons (Fsp3) is 0.688. The van der Waals surface area contributed by atoms with E-state index in [2.05, 4.69) is 22.1 Å². The summed E-state index contributed by atoms with van der Waals surface area (Å²) < 4.78 is 0. The van der Waals surface area contributed by atoms with Crippen molar-refractivity contribution in [3.63, 3.8) is 0 Å². The molecule has 2 N–H and O–H groups in total. The summed E-state index contributed by atoms with van der Waals surface area (Å²) in [7, 11) is 0. The second kappa shape index (κ2) is 6.72. The van der Waals surface area contributed by atoms with Gasteiger partial charge in [0.25, 0.3) is 0 Å². The Morgan fingerprint density at radius 1 is 1.20 bits per heavy atom. The zero-order chi connectivity index (χ0) is 13.8. The second-order valence-corrected chi connectivity index (χ2v) is 7.03. The number of fused-ring (bicyclic) bond motifs is 1. The molecule has 110 valence electrons. The highest BCUT2D eigenvalue weighted by Crippen LogP contribution is 2.33. The highest BCUT2D eigenvalue weighted by Gasteiger charge is 2.22. The molecule has 1 atom stereocenters. The number of aryl methyl sites for hydroxylation is 1. The molecule has 1 saturated carbocycles. The highest BCUT2D eigenvalue weighted by molar-refractivity contribution is 7.10. The van der Waals surface area contributed by atoms with Crippen molar-refractivity contribution < 1.29 is 4.79 Å². The number of carbonyl (C=O) groups excluding carboxylic acids is 1. The van der Waals surface area contributed by atoms with Crippen molar-refractivity contribution in [1.29, 1.82) is 0 Å². The van der Waals surface area contributed by atoms with Crippen LogP contribution in [0.4, 0.5) is 0 Å². The zero-order valence-electron chi connectivity index (χ0n) is 12.0. The van der Waals surface area contributed by atoms with Gasteiger partial charge in [-0.05, 0) is 49.1 Å². The van der Waals surface area contributed by atoms with Crippen molar-refractivity contribution in [1.82, 2.24) is 10.6 Å². The van der Waals surface area contributed by atoms with E-state index in [-0.39, 0.29) is 5.91 Å². The average molecular weight is 292 g/mol. The van der Waals surface area contributed by atoms with Crippen LogP contribution >= 0.6 is 11.3 Å².